The first kappa shape index (κ1) is 23.6. The summed E-state index contributed by atoms with van der Waals surface area (Å²) in [5.41, 5.74) is 1.33. The fraction of sp³-hybridized carbons (Fsp3) is 0.190. The average molecular weight is 526 g/mol. The van der Waals surface area contributed by atoms with Crippen molar-refractivity contribution >= 4 is 59.5 Å². The third-order valence-corrected chi connectivity index (χ3v) is 9.77. The third-order valence-electron chi connectivity index (χ3n) is 4.97. The molecule has 33 heavy (non-hydrogen) atoms. The molecule has 4 rings (SSSR count). The number of thiophene rings is 1. The fourth-order valence-electron chi connectivity index (χ4n) is 3.36. The van der Waals surface area contributed by atoms with Gasteiger partial charge in [0.2, 0.25) is 0 Å². The molecule has 0 spiro atoms. The monoisotopic (exact) mass is 525 g/mol. The number of hydrogen-bond donors (Lipinski definition) is 1. The summed E-state index contributed by atoms with van der Waals surface area (Å²) in [6.07, 6.45) is 0. The van der Waals surface area contributed by atoms with E-state index < -0.39 is 19.9 Å². The Balaban J connectivity index is 1.79. The Morgan fingerprint density at radius 2 is 1.85 bits per heavy atom. The van der Waals surface area contributed by atoms with Gasteiger partial charge >= 0.3 is 0 Å². The van der Waals surface area contributed by atoms with Crippen molar-refractivity contribution in [1.29, 1.82) is 0 Å². The van der Waals surface area contributed by atoms with Crippen LogP contribution in [-0.4, -0.2) is 39.5 Å². The Morgan fingerprint density at radius 1 is 1.09 bits per heavy atom. The highest BCUT2D eigenvalue weighted by Gasteiger charge is 2.23. The summed E-state index contributed by atoms with van der Waals surface area (Å²) >= 11 is 6.84. The Kier molecular flexibility index (Phi) is 6.41. The number of nitrogens with zero attached hydrogens (tertiary/aromatic N) is 2. The van der Waals surface area contributed by atoms with Gasteiger partial charge in [-0.15, -0.1) is 11.3 Å². The molecule has 0 bridgehead atoms. The Morgan fingerprint density at radius 3 is 2.52 bits per heavy atom. The van der Waals surface area contributed by atoms with E-state index in [-0.39, 0.29) is 27.2 Å². The number of halogens is 1. The highest BCUT2D eigenvalue weighted by atomic mass is 35.5. The maximum Gasteiger partial charge on any atom is 0.272 e. The first-order chi connectivity index (χ1) is 15.6. The number of sulfone groups is 1. The van der Waals surface area contributed by atoms with Crippen molar-refractivity contribution in [1.82, 2.24) is 9.78 Å². The SMILES string of the molecule is CCS(=O)(=O)c1cccc(Cn2nc(NS(=O)(=O)c3ccc(Cl)s3)c3c(OC)cccc32)c1. The highest BCUT2D eigenvalue weighted by molar-refractivity contribution is 7.94. The number of anilines is 1. The number of ether oxygens (including phenoxy) is 1. The van der Waals surface area contributed by atoms with Crippen LogP contribution in [0.15, 0.2) is 63.7 Å². The molecule has 4 aromatic rings. The number of sulfonamides is 1. The molecule has 0 saturated carbocycles. The lowest BCUT2D eigenvalue weighted by Crippen LogP contribution is -2.13. The molecule has 0 atom stereocenters. The predicted octanol–water partition coefficient (Wildman–Crippen LogP) is 4.40. The molecule has 0 amide bonds. The maximum absolute atomic E-state index is 12.9. The molecule has 0 saturated heterocycles. The zero-order valence-corrected chi connectivity index (χ0v) is 20.9. The predicted molar refractivity (Wildman–Crippen MR) is 130 cm³/mol. The number of hydrogen-bond acceptors (Lipinski definition) is 7. The smallest absolute Gasteiger partial charge is 0.272 e. The van der Waals surface area contributed by atoms with Crippen LogP contribution in [0.25, 0.3) is 10.9 Å². The maximum atomic E-state index is 12.9. The molecule has 1 N–H and O–H groups in total. The number of benzene rings is 2. The van der Waals surface area contributed by atoms with Crippen molar-refractivity contribution in [2.75, 3.05) is 17.6 Å². The minimum absolute atomic E-state index is 0.00296. The molecule has 2 aromatic carbocycles. The minimum Gasteiger partial charge on any atom is -0.496 e. The van der Waals surface area contributed by atoms with Gasteiger partial charge in [0.25, 0.3) is 10.0 Å². The topological polar surface area (TPSA) is 107 Å². The van der Waals surface area contributed by atoms with E-state index in [0.29, 0.717) is 26.6 Å². The summed E-state index contributed by atoms with van der Waals surface area (Å²) in [6, 6.07) is 14.8. The molecule has 0 fully saturated rings. The first-order valence-electron chi connectivity index (χ1n) is 9.78. The number of nitrogens with one attached hydrogen (secondary N) is 1. The summed E-state index contributed by atoms with van der Waals surface area (Å²) < 4.78 is 60.3. The summed E-state index contributed by atoms with van der Waals surface area (Å²) in [5, 5.41) is 4.98. The van der Waals surface area contributed by atoms with E-state index in [0.717, 1.165) is 11.3 Å². The zero-order valence-electron chi connectivity index (χ0n) is 17.6. The minimum atomic E-state index is -3.92. The third kappa shape index (κ3) is 4.72. The van der Waals surface area contributed by atoms with E-state index in [1.54, 1.807) is 54.1 Å². The van der Waals surface area contributed by atoms with Crippen molar-refractivity contribution in [2.45, 2.75) is 22.6 Å². The van der Waals surface area contributed by atoms with Crippen LogP contribution in [0, 0.1) is 0 Å². The van der Waals surface area contributed by atoms with Crippen molar-refractivity contribution in [3.8, 4) is 5.75 Å². The van der Waals surface area contributed by atoms with E-state index in [1.807, 2.05) is 0 Å². The molecular formula is C21H20ClN3O5S3. The van der Waals surface area contributed by atoms with Gasteiger partial charge in [-0.25, -0.2) is 16.8 Å². The van der Waals surface area contributed by atoms with Crippen LogP contribution < -0.4 is 9.46 Å². The summed E-state index contributed by atoms with van der Waals surface area (Å²) in [6.45, 7) is 1.82. The van der Waals surface area contributed by atoms with E-state index in [4.69, 9.17) is 16.3 Å². The van der Waals surface area contributed by atoms with E-state index in [1.165, 1.54) is 19.2 Å². The molecule has 2 aromatic heterocycles. The molecule has 174 valence electrons. The fourth-order valence-corrected chi connectivity index (χ4v) is 6.80. The number of methoxy groups -OCH3 is 1. The lowest BCUT2D eigenvalue weighted by Gasteiger charge is -2.07. The van der Waals surface area contributed by atoms with Gasteiger partial charge in [-0.2, -0.15) is 5.10 Å². The summed E-state index contributed by atoms with van der Waals surface area (Å²) in [4.78, 5) is 0.229. The Labute approximate surface area is 200 Å². The molecular weight excluding hydrogens is 506 g/mol. The van der Waals surface area contributed by atoms with Gasteiger partial charge < -0.3 is 4.74 Å². The van der Waals surface area contributed by atoms with Crippen molar-refractivity contribution in [3.63, 3.8) is 0 Å². The van der Waals surface area contributed by atoms with Crippen LogP contribution in [0.2, 0.25) is 4.34 Å². The van der Waals surface area contributed by atoms with Crippen molar-refractivity contribution < 1.29 is 21.6 Å². The standard InChI is InChI=1S/C21H20ClN3O5S3/c1-3-32(26,27)15-7-4-6-14(12-15)13-25-16-8-5-9-17(30-2)20(16)21(23-25)24-33(28,29)19-11-10-18(22)31-19/h4-12H,3,13H2,1-2H3,(H,23,24). The second-order valence-electron chi connectivity index (χ2n) is 7.08. The van der Waals surface area contributed by atoms with Crippen molar-refractivity contribution in [2.24, 2.45) is 0 Å². The van der Waals surface area contributed by atoms with Gasteiger partial charge in [0.1, 0.15) is 9.96 Å². The van der Waals surface area contributed by atoms with Crippen LogP contribution >= 0.6 is 22.9 Å². The second-order valence-corrected chi connectivity index (χ2v) is 13.0. The number of aromatic nitrogens is 2. The lowest BCUT2D eigenvalue weighted by molar-refractivity contribution is 0.420. The Bertz CT molecular complexity index is 1540. The highest BCUT2D eigenvalue weighted by Crippen LogP contribution is 2.35. The van der Waals surface area contributed by atoms with Gasteiger partial charge in [0.15, 0.2) is 15.7 Å². The number of rotatable bonds is 8. The molecule has 0 aliphatic rings. The largest absolute Gasteiger partial charge is 0.496 e. The van der Waals surface area contributed by atoms with Gasteiger partial charge in [-0.3, -0.25) is 9.40 Å². The molecule has 0 radical (unpaired) electrons. The number of fused-ring (bicyclic) bond motifs is 1. The van der Waals surface area contributed by atoms with Gasteiger partial charge in [-0.05, 0) is 42.0 Å². The quantitative estimate of drug-likeness (QED) is 0.365. The molecule has 8 nitrogen and oxygen atoms in total. The second kappa shape index (κ2) is 8.98. The molecule has 0 aliphatic carbocycles. The zero-order chi connectivity index (χ0) is 23.8. The lowest BCUT2D eigenvalue weighted by atomic mass is 10.2. The van der Waals surface area contributed by atoms with Crippen LogP contribution in [0.5, 0.6) is 5.75 Å². The van der Waals surface area contributed by atoms with E-state index in [2.05, 4.69) is 9.82 Å². The van der Waals surface area contributed by atoms with Crippen LogP contribution in [0.4, 0.5) is 5.82 Å². The van der Waals surface area contributed by atoms with Crippen LogP contribution in [0.3, 0.4) is 0 Å². The van der Waals surface area contributed by atoms with Gasteiger partial charge in [-0.1, -0.05) is 36.7 Å². The van der Waals surface area contributed by atoms with E-state index in [9.17, 15) is 16.8 Å². The summed E-state index contributed by atoms with van der Waals surface area (Å²) in [7, 11) is -5.80. The molecule has 2 heterocycles. The molecule has 0 unspecified atom stereocenters. The molecule has 12 heteroatoms. The van der Waals surface area contributed by atoms with Crippen molar-refractivity contribution in [3.05, 3.63) is 64.5 Å². The van der Waals surface area contributed by atoms with Crippen LogP contribution in [-0.2, 0) is 26.4 Å². The summed E-state index contributed by atoms with van der Waals surface area (Å²) in [5.74, 6) is 0.545. The van der Waals surface area contributed by atoms with Crippen LogP contribution in [0.1, 0.15) is 12.5 Å². The first-order valence-corrected chi connectivity index (χ1v) is 14.1. The normalized spacial score (nSPS) is 12.2. The van der Waals surface area contributed by atoms with E-state index >= 15 is 0 Å². The molecule has 0 aliphatic heterocycles. The Hall–Kier alpha value is -2.60. The van der Waals surface area contributed by atoms with Gasteiger partial charge in [0.05, 0.1) is 39.5 Å². The average Bonchev–Trinajstić information content (AvgIpc) is 3.38. The van der Waals surface area contributed by atoms with Gasteiger partial charge in [0, 0.05) is 0 Å².